The summed E-state index contributed by atoms with van der Waals surface area (Å²) in [4.78, 5) is 0. The van der Waals surface area contributed by atoms with Gasteiger partial charge in [-0.2, -0.15) is 0 Å². The standard InChI is InChI=1S/C21H16F2N2O2S/c22-15-5-8-20(19(23)11-15)25-21(28)24-16-6-3-13(4-7-16)1-2-14-9-17(26)12-18(27)10-14/h1-12,26-27H,(H2,24,25,28)/b2-1+. The zero-order chi connectivity index (χ0) is 20.1. The molecule has 0 fully saturated rings. The number of anilines is 2. The molecule has 142 valence electrons. The normalized spacial score (nSPS) is 10.8. The van der Waals surface area contributed by atoms with E-state index in [-0.39, 0.29) is 22.3 Å². The molecule has 0 unspecified atom stereocenters. The summed E-state index contributed by atoms with van der Waals surface area (Å²) in [5.41, 5.74) is 2.31. The van der Waals surface area contributed by atoms with Crippen LogP contribution in [0.15, 0.2) is 60.7 Å². The van der Waals surface area contributed by atoms with Gasteiger partial charge < -0.3 is 20.8 Å². The van der Waals surface area contributed by atoms with Crippen LogP contribution in [0.25, 0.3) is 12.2 Å². The fourth-order valence-electron chi connectivity index (χ4n) is 2.46. The molecule has 0 radical (unpaired) electrons. The molecule has 0 saturated carbocycles. The Kier molecular flexibility index (Phi) is 5.86. The molecule has 0 heterocycles. The van der Waals surface area contributed by atoms with Crippen molar-refractivity contribution in [1.82, 2.24) is 0 Å². The number of nitrogens with one attached hydrogen (secondary N) is 2. The first kappa shape index (κ1) is 19.3. The number of halogens is 2. The van der Waals surface area contributed by atoms with Crippen molar-refractivity contribution in [2.75, 3.05) is 10.6 Å². The van der Waals surface area contributed by atoms with Crippen LogP contribution in [-0.4, -0.2) is 15.3 Å². The van der Waals surface area contributed by atoms with E-state index >= 15 is 0 Å². The zero-order valence-electron chi connectivity index (χ0n) is 14.5. The Morgan fingerprint density at radius 3 is 2.07 bits per heavy atom. The second-order valence-electron chi connectivity index (χ2n) is 5.94. The van der Waals surface area contributed by atoms with Gasteiger partial charge in [-0.15, -0.1) is 0 Å². The Balaban J connectivity index is 1.62. The molecule has 0 bridgehead atoms. The highest BCUT2D eigenvalue weighted by molar-refractivity contribution is 7.80. The molecule has 3 aromatic carbocycles. The summed E-state index contributed by atoms with van der Waals surface area (Å²) in [5, 5.41) is 24.7. The first-order valence-corrected chi connectivity index (χ1v) is 8.64. The fourth-order valence-corrected chi connectivity index (χ4v) is 2.69. The minimum atomic E-state index is -0.734. The summed E-state index contributed by atoms with van der Waals surface area (Å²) < 4.78 is 26.6. The Labute approximate surface area is 165 Å². The van der Waals surface area contributed by atoms with E-state index in [2.05, 4.69) is 10.6 Å². The van der Waals surface area contributed by atoms with E-state index in [1.807, 2.05) is 18.2 Å². The van der Waals surface area contributed by atoms with Crippen LogP contribution in [0.1, 0.15) is 11.1 Å². The van der Waals surface area contributed by atoms with E-state index in [1.165, 1.54) is 24.3 Å². The molecule has 0 spiro atoms. The van der Waals surface area contributed by atoms with Gasteiger partial charge in [0.05, 0.1) is 5.69 Å². The summed E-state index contributed by atoms with van der Waals surface area (Å²) >= 11 is 5.14. The maximum absolute atomic E-state index is 13.6. The van der Waals surface area contributed by atoms with E-state index in [1.54, 1.807) is 18.2 Å². The van der Waals surface area contributed by atoms with E-state index < -0.39 is 11.6 Å². The summed E-state index contributed by atoms with van der Waals surface area (Å²) in [6, 6.07) is 14.8. The van der Waals surface area contributed by atoms with Crippen LogP contribution >= 0.6 is 12.2 Å². The third-order valence-corrected chi connectivity index (χ3v) is 3.95. The lowest BCUT2D eigenvalue weighted by Crippen LogP contribution is -2.19. The topological polar surface area (TPSA) is 64.5 Å². The van der Waals surface area contributed by atoms with Gasteiger partial charge in [-0.1, -0.05) is 24.3 Å². The van der Waals surface area contributed by atoms with Crippen molar-refractivity contribution in [3.8, 4) is 11.5 Å². The van der Waals surface area contributed by atoms with Gasteiger partial charge in [0, 0.05) is 17.8 Å². The van der Waals surface area contributed by atoms with Gasteiger partial charge in [0.15, 0.2) is 5.11 Å². The number of hydrogen-bond donors (Lipinski definition) is 4. The van der Waals surface area contributed by atoms with E-state index in [9.17, 15) is 19.0 Å². The predicted molar refractivity (Wildman–Crippen MR) is 111 cm³/mol. The van der Waals surface area contributed by atoms with Gasteiger partial charge in [0.25, 0.3) is 0 Å². The van der Waals surface area contributed by atoms with Crippen molar-refractivity contribution >= 4 is 40.9 Å². The maximum Gasteiger partial charge on any atom is 0.175 e. The minimum Gasteiger partial charge on any atom is -0.508 e. The van der Waals surface area contributed by atoms with Gasteiger partial charge in [-0.05, 0) is 59.7 Å². The Bertz CT molecular complexity index is 1020. The SMILES string of the molecule is Oc1cc(O)cc(/C=C/c2ccc(NC(=S)Nc3ccc(F)cc3F)cc2)c1. The van der Waals surface area contributed by atoms with Crippen molar-refractivity contribution in [1.29, 1.82) is 0 Å². The van der Waals surface area contributed by atoms with E-state index in [0.29, 0.717) is 11.3 Å². The highest BCUT2D eigenvalue weighted by Gasteiger charge is 2.06. The third kappa shape index (κ3) is 5.28. The largest absolute Gasteiger partial charge is 0.508 e. The first-order valence-electron chi connectivity index (χ1n) is 8.23. The molecule has 4 N–H and O–H groups in total. The smallest absolute Gasteiger partial charge is 0.175 e. The van der Waals surface area contributed by atoms with Gasteiger partial charge in [0.2, 0.25) is 0 Å². The monoisotopic (exact) mass is 398 g/mol. The number of thiocarbonyl (C=S) groups is 1. The second kappa shape index (κ2) is 8.49. The third-order valence-electron chi connectivity index (χ3n) is 3.74. The molecular weight excluding hydrogens is 382 g/mol. The van der Waals surface area contributed by atoms with Crippen molar-refractivity contribution in [3.05, 3.63) is 83.4 Å². The van der Waals surface area contributed by atoms with Crippen LogP contribution in [-0.2, 0) is 0 Å². The van der Waals surface area contributed by atoms with E-state index in [0.717, 1.165) is 17.7 Å². The first-order chi connectivity index (χ1) is 13.4. The zero-order valence-corrected chi connectivity index (χ0v) is 15.3. The van der Waals surface area contributed by atoms with Crippen LogP contribution in [0.3, 0.4) is 0 Å². The van der Waals surface area contributed by atoms with Crippen LogP contribution in [0.5, 0.6) is 11.5 Å². The predicted octanol–water partition coefficient (Wildman–Crippen LogP) is 5.36. The summed E-state index contributed by atoms with van der Waals surface area (Å²) in [6.45, 7) is 0. The molecule has 0 aliphatic rings. The maximum atomic E-state index is 13.6. The average Bonchev–Trinajstić information content (AvgIpc) is 2.63. The highest BCUT2D eigenvalue weighted by atomic mass is 32.1. The van der Waals surface area contributed by atoms with Crippen LogP contribution in [0, 0.1) is 11.6 Å². The van der Waals surface area contributed by atoms with Crippen molar-refractivity contribution < 1.29 is 19.0 Å². The van der Waals surface area contributed by atoms with Crippen molar-refractivity contribution in [2.24, 2.45) is 0 Å². The molecule has 0 aromatic heterocycles. The van der Waals surface area contributed by atoms with Gasteiger partial charge in [-0.25, -0.2) is 8.78 Å². The quantitative estimate of drug-likeness (QED) is 0.352. The molecule has 0 aliphatic carbocycles. The molecule has 28 heavy (non-hydrogen) atoms. The highest BCUT2D eigenvalue weighted by Crippen LogP contribution is 2.22. The summed E-state index contributed by atoms with van der Waals surface area (Å²) in [6.07, 6.45) is 3.58. The number of rotatable bonds is 4. The lowest BCUT2D eigenvalue weighted by Gasteiger charge is -2.11. The molecule has 0 atom stereocenters. The molecule has 3 aromatic rings. The van der Waals surface area contributed by atoms with Crippen molar-refractivity contribution in [3.63, 3.8) is 0 Å². The molecule has 0 aliphatic heterocycles. The number of phenolic OH excluding ortho intramolecular Hbond substituents is 2. The van der Waals surface area contributed by atoms with Gasteiger partial charge in [-0.3, -0.25) is 0 Å². The van der Waals surface area contributed by atoms with E-state index in [4.69, 9.17) is 12.2 Å². The molecule has 3 rings (SSSR count). The summed E-state index contributed by atoms with van der Waals surface area (Å²) in [5.74, 6) is -1.43. The second-order valence-corrected chi connectivity index (χ2v) is 6.35. The molecule has 4 nitrogen and oxygen atoms in total. The fraction of sp³-hybridized carbons (Fsp3) is 0. The van der Waals surface area contributed by atoms with Gasteiger partial charge in [0.1, 0.15) is 23.1 Å². The lowest BCUT2D eigenvalue weighted by molar-refractivity contribution is 0.450. The molecule has 0 saturated heterocycles. The number of phenols is 2. The van der Waals surface area contributed by atoms with Crippen molar-refractivity contribution in [2.45, 2.75) is 0 Å². The average molecular weight is 398 g/mol. The number of aromatic hydroxyl groups is 2. The molecule has 7 heteroatoms. The minimum absolute atomic E-state index is 0.0159. The Morgan fingerprint density at radius 1 is 0.786 bits per heavy atom. The number of hydrogen-bond acceptors (Lipinski definition) is 3. The van der Waals surface area contributed by atoms with Gasteiger partial charge >= 0.3 is 0 Å². The van der Waals surface area contributed by atoms with Crippen LogP contribution < -0.4 is 10.6 Å². The molecular formula is C21H16F2N2O2S. The van der Waals surface area contributed by atoms with Crippen LogP contribution in [0.4, 0.5) is 20.2 Å². The Morgan fingerprint density at radius 2 is 1.43 bits per heavy atom. The Hall–Kier alpha value is -3.45. The lowest BCUT2D eigenvalue weighted by atomic mass is 10.1. The number of benzene rings is 3. The molecule has 0 amide bonds. The van der Waals surface area contributed by atoms with Crippen LogP contribution in [0.2, 0.25) is 0 Å². The summed E-state index contributed by atoms with van der Waals surface area (Å²) in [7, 11) is 0.